The summed E-state index contributed by atoms with van der Waals surface area (Å²) in [6.45, 7) is 11.3. The second kappa shape index (κ2) is 6.95. The summed E-state index contributed by atoms with van der Waals surface area (Å²) in [5.74, 6) is 1.00. The van der Waals surface area contributed by atoms with E-state index in [9.17, 15) is 5.11 Å². The highest BCUT2D eigenvalue weighted by Gasteiger charge is 2.18. The van der Waals surface area contributed by atoms with Crippen LogP contribution in [-0.4, -0.2) is 17.8 Å². The third-order valence-corrected chi connectivity index (χ3v) is 3.22. The molecule has 1 aromatic rings. The Hall–Kier alpha value is -1.02. The van der Waals surface area contributed by atoms with Crippen molar-refractivity contribution in [2.75, 3.05) is 6.61 Å². The van der Waals surface area contributed by atoms with Gasteiger partial charge in [-0.15, -0.1) is 0 Å². The van der Waals surface area contributed by atoms with Gasteiger partial charge in [0.2, 0.25) is 0 Å². The van der Waals surface area contributed by atoms with Crippen LogP contribution >= 0.6 is 0 Å². The molecule has 0 saturated carbocycles. The van der Waals surface area contributed by atoms with E-state index in [-0.39, 0.29) is 11.5 Å². The predicted molar refractivity (Wildman–Crippen MR) is 80.9 cm³/mol. The van der Waals surface area contributed by atoms with Crippen LogP contribution in [0.25, 0.3) is 0 Å². The van der Waals surface area contributed by atoms with Gasteiger partial charge in [0.1, 0.15) is 5.75 Å². The Morgan fingerprint density at radius 2 is 1.89 bits per heavy atom. The van der Waals surface area contributed by atoms with E-state index in [4.69, 9.17) is 4.74 Å². The van der Waals surface area contributed by atoms with E-state index in [1.54, 1.807) is 0 Å². The van der Waals surface area contributed by atoms with Crippen LogP contribution in [0, 0.1) is 6.92 Å². The van der Waals surface area contributed by atoms with Gasteiger partial charge >= 0.3 is 0 Å². The van der Waals surface area contributed by atoms with Crippen molar-refractivity contribution in [3.63, 3.8) is 0 Å². The molecular formula is C17H28O2. The average Bonchev–Trinajstić information content (AvgIpc) is 2.26. The predicted octanol–water partition coefficient (Wildman–Crippen LogP) is 4.22. The quantitative estimate of drug-likeness (QED) is 0.779. The zero-order valence-corrected chi connectivity index (χ0v) is 13.0. The molecule has 0 aliphatic carbocycles. The number of aliphatic hydroxyl groups is 1. The Morgan fingerprint density at radius 3 is 2.47 bits per heavy atom. The van der Waals surface area contributed by atoms with Gasteiger partial charge in [-0.3, -0.25) is 0 Å². The molecule has 0 aromatic heterocycles. The maximum atomic E-state index is 9.22. The highest BCUT2D eigenvalue weighted by molar-refractivity contribution is 5.41. The van der Waals surface area contributed by atoms with Crippen molar-refractivity contribution in [2.45, 2.75) is 65.4 Å². The van der Waals surface area contributed by atoms with E-state index in [1.807, 2.05) is 6.92 Å². The molecular weight excluding hydrogens is 236 g/mol. The first-order valence-electron chi connectivity index (χ1n) is 7.22. The summed E-state index contributed by atoms with van der Waals surface area (Å²) in [5, 5.41) is 9.22. The topological polar surface area (TPSA) is 29.5 Å². The number of benzene rings is 1. The lowest BCUT2D eigenvalue weighted by Crippen LogP contribution is -2.14. The number of hydrogen-bond donors (Lipinski definition) is 1. The second-order valence-electron chi connectivity index (χ2n) is 6.44. The van der Waals surface area contributed by atoms with Gasteiger partial charge in [-0.2, -0.15) is 0 Å². The zero-order valence-electron chi connectivity index (χ0n) is 13.0. The van der Waals surface area contributed by atoms with Crippen molar-refractivity contribution >= 4 is 0 Å². The van der Waals surface area contributed by atoms with Gasteiger partial charge in [0.25, 0.3) is 0 Å². The zero-order chi connectivity index (χ0) is 14.5. The van der Waals surface area contributed by atoms with Crippen LogP contribution in [0.2, 0.25) is 0 Å². The first-order valence-corrected chi connectivity index (χ1v) is 7.22. The average molecular weight is 264 g/mol. The molecule has 108 valence electrons. The highest BCUT2D eigenvalue weighted by atomic mass is 16.5. The summed E-state index contributed by atoms with van der Waals surface area (Å²) in [7, 11) is 0. The summed E-state index contributed by atoms with van der Waals surface area (Å²) in [6, 6.07) is 6.43. The summed E-state index contributed by atoms with van der Waals surface area (Å²) < 4.78 is 5.94. The Labute approximate surface area is 117 Å². The summed E-state index contributed by atoms with van der Waals surface area (Å²) in [5.41, 5.74) is 2.59. The minimum Gasteiger partial charge on any atom is -0.493 e. The van der Waals surface area contributed by atoms with Gasteiger partial charge in [0.15, 0.2) is 0 Å². The molecule has 0 radical (unpaired) electrons. The Morgan fingerprint density at radius 1 is 1.21 bits per heavy atom. The van der Waals surface area contributed by atoms with Gasteiger partial charge in [-0.25, -0.2) is 0 Å². The normalized spacial score (nSPS) is 13.4. The molecule has 0 fully saturated rings. The molecule has 0 spiro atoms. The van der Waals surface area contributed by atoms with Crippen LogP contribution in [0.3, 0.4) is 0 Å². The number of unbranched alkanes of at least 4 members (excludes halogenated alkanes) is 1. The molecule has 0 bridgehead atoms. The summed E-state index contributed by atoms with van der Waals surface area (Å²) in [6.07, 6.45) is 2.64. The van der Waals surface area contributed by atoms with Crippen molar-refractivity contribution in [3.8, 4) is 5.75 Å². The van der Waals surface area contributed by atoms with Gasteiger partial charge in [-0.1, -0.05) is 32.9 Å². The third kappa shape index (κ3) is 5.65. The second-order valence-corrected chi connectivity index (χ2v) is 6.44. The molecule has 2 nitrogen and oxygen atoms in total. The van der Waals surface area contributed by atoms with E-state index >= 15 is 0 Å². The van der Waals surface area contributed by atoms with E-state index < -0.39 is 0 Å². The van der Waals surface area contributed by atoms with Crippen LogP contribution in [-0.2, 0) is 5.41 Å². The van der Waals surface area contributed by atoms with E-state index in [0.29, 0.717) is 0 Å². The van der Waals surface area contributed by atoms with Crippen LogP contribution in [0.4, 0.5) is 0 Å². The number of rotatable bonds is 6. The monoisotopic (exact) mass is 264 g/mol. The molecule has 1 N–H and O–H groups in total. The van der Waals surface area contributed by atoms with Gasteiger partial charge in [0, 0.05) is 0 Å². The molecule has 19 heavy (non-hydrogen) atoms. The van der Waals surface area contributed by atoms with Crippen LogP contribution in [0.15, 0.2) is 18.2 Å². The largest absolute Gasteiger partial charge is 0.493 e. The fourth-order valence-electron chi connectivity index (χ4n) is 2.09. The number of aliphatic hydroxyl groups excluding tert-OH is 1. The van der Waals surface area contributed by atoms with Gasteiger partial charge in [-0.05, 0) is 55.7 Å². The van der Waals surface area contributed by atoms with Crippen molar-refractivity contribution in [3.05, 3.63) is 29.3 Å². The first kappa shape index (κ1) is 16.0. The maximum Gasteiger partial charge on any atom is 0.123 e. The maximum absolute atomic E-state index is 9.22. The molecule has 0 heterocycles. The lowest BCUT2D eigenvalue weighted by Gasteiger charge is -2.23. The molecule has 1 unspecified atom stereocenters. The van der Waals surface area contributed by atoms with Crippen LogP contribution in [0.5, 0.6) is 5.75 Å². The van der Waals surface area contributed by atoms with E-state index in [1.165, 1.54) is 11.1 Å². The molecule has 0 saturated heterocycles. The summed E-state index contributed by atoms with van der Waals surface area (Å²) in [4.78, 5) is 0. The van der Waals surface area contributed by atoms with Crippen molar-refractivity contribution < 1.29 is 9.84 Å². The lowest BCUT2D eigenvalue weighted by molar-refractivity contribution is 0.177. The summed E-state index contributed by atoms with van der Waals surface area (Å²) >= 11 is 0. The fraction of sp³-hybridized carbons (Fsp3) is 0.647. The third-order valence-electron chi connectivity index (χ3n) is 3.22. The van der Waals surface area contributed by atoms with E-state index in [2.05, 4.69) is 45.9 Å². The minimum atomic E-state index is -0.205. The highest BCUT2D eigenvalue weighted by Crippen LogP contribution is 2.32. The number of hydrogen-bond acceptors (Lipinski definition) is 2. The smallest absolute Gasteiger partial charge is 0.123 e. The molecule has 2 heteroatoms. The minimum absolute atomic E-state index is 0.0998. The van der Waals surface area contributed by atoms with Crippen LogP contribution in [0.1, 0.15) is 58.1 Å². The Balaban J connectivity index is 2.59. The first-order chi connectivity index (χ1) is 8.80. The molecule has 0 aliphatic heterocycles. The molecule has 1 atom stereocenters. The van der Waals surface area contributed by atoms with Crippen molar-refractivity contribution in [1.82, 2.24) is 0 Å². The lowest BCUT2D eigenvalue weighted by atomic mass is 9.86. The fourth-order valence-corrected chi connectivity index (χ4v) is 2.09. The van der Waals surface area contributed by atoms with Crippen LogP contribution < -0.4 is 4.74 Å². The SMILES string of the molecule is Cc1ccc(C(C)(C)C)c(OCCCCC(C)O)c1. The van der Waals surface area contributed by atoms with E-state index in [0.717, 1.165) is 31.6 Å². The standard InChI is InChI=1S/C17H28O2/c1-13-9-10-15(17(3,4)5)16(12-13)19-11-7-6-8-14(2)18/h9-10,12,14,18H,6-8,11H2,1-5H3. The van der Waals surface area contributed by atoms with Crippen molar-refractivity contribution in [2.24, 2.45) is 0 Å². The molecule has 0 aliphatic rings. The Kier molecular flexibility index (Phi) is 5.86. The number of ether oxygens (including phenoxy) is 1. The Bertz CT molecular complexity index is 389. The van der Waals surface area contributed by atoms with Crippen molar-refractivity contribution in [1.29, 1.82) is 0 Å². The van der Waals surface area contributed by atoms with Gasteiger partial charge < -0.3 is 9.84 Å². The number of aryl methyl sites for hydroxylation is 1. The molecule has 0 amide bonds. The molecule has 1 aromatic carbocycles. The van der Waals surface area contributed by atoms with Gasteiger partial charge in [0.05, 0.1) is 12.7 Å². The molecule has 1 rings (SSSR count).